The van der Waals surface area contributed by atoms with Crippen LogP contribution in [-0.4, -0.2) is 49.5 Å². The number of aryl methyl sites for hydroxylation is 2. The van der Waals surface area contributed by atoms with Crippen molar-refractivity contribution in [2.24, 2.45) is 11.8 Å². The summed E-state index contributed by atoms with van der Waals surface area (Å²) in [4.78, 5) is 54.3. The molecule has 7 nitrogen and oxygen atoms in total. The summed E-state index contributed by atoms with van der Waals surface area (Å²) in [5.41, 5.74) is 3.78. The second-order valence-corrected chi connectivity index (χ2v) is 15.7. The van der Waals surface area contributed by atoms with Crippen molar-refractivity contribution in [3.63, 3.8) is 0 Å². The van der Waals surface area contributed by atoms with Crippen molar-refractivity contribution in [2.45, 2.75) is 84.7 Å². The largest absolute Gasteiger partial charge is 0.413 e. The molecule has 0 saturated carbocycles. The van der Waals surface area contributed by atoms with E-state index < -0.39 is 44.2 Å². The maximum atomic E-state index is 13.6. The minimum atomic E-state index is -2.19. The zero-order chi connectivity index (χ0) is 24.9. The Balaban J connectivity index is 1.95. The molecule has 1 aromatic carbocycles. The maximum Gasteiger partial charge on any atom is 0.395 e. The fourth-order valence-electron chi connectivity index (χ4n) is 4.84. The van der Waals surface area contributed by atoms with E-state index in [-0.39, 0.29) is 17.1 Å². The second kappa shape index (κ2) is 8.80. The van der Waals surface area contributed by atoms with Crippen LogP contribution in [0.25, 0.3) is 0 Å². The van der Waals surface area contributed by atoms with E-state index in [0.29, 0.717) is 18.4 Å². The minimum absolute atomic E-state index is 0.0257. The standard InChI is InChI=1S/C25H35NO6Si/c1-14-11-15(2)17-9-10-18(23(29)19(17)12-14)22-21(24(30)26(22)31-20(28)13-27)16(3)32-33(7,8)25(4,5)6/h11-13,16,18,21-22H,9-10H2,1-8H3/t16-,18-,21-,22-/m1/s1. The van der Waals surface area contributed by atoms with Gasteiger partial charge in [0.25, 0.3) is 5.91 Å². The van der Waals surface area contributed by atoms with Crippen LogP contribution in [0.4, 0.5) is 0 Å². The average molecular weight is 474 g/mol. The van der Waals surface area contributed by atoms with Gasteiger partial charge < -0.3 is 9.26 Å². The first-order chi connectivity index (χ1) is 15.2. The molecule has 8 heteroatoms. The highest BCUT2D eigenvalue weighted by atomic mass is 28.4. The van der Waals surface area contributed by atoms with Gasteiger partial charge in [-0.25, -0.2) is 4.79 Å². The first-order valence-corrected chi connectivity index (χ1v) is 14.4. The highest BCUT2D eigenvalue weighted by Gasteiger charge is 2.59. The Morgan fingerprint density at radius 1 is 1.21 bits per heavy atom. The van der Waals surface area contributed by atoms with Crippen LogP contribution in [0.15, 0.2) is 12.1 Å². The molecule has 1 aliphatic carbocycles. The smallest absolute Gasteiger partial charge is 0.395 e. The molecule has 1 aliphatic heterocycles. The highest BCUT2D eigenvalue weighted by Crippen LogP contribution is 2.44. The first kappa shape index (κ1) is 25.3. The van der Waals surface area contributed by atoms with Gasteiger partial charge >= 0.3 is 5.97 Å². The van der Waals surface area contributed by atoms with Gasteiger partial charge in [-0.3, -0.25) is 14.4 Å². The van der Waals surface area contributed by atoms with E-state index >= 15 is 0 Å². The zero-order valence-corrected chi connectivity index (χ0v) is 21.9. The van der Waals surface area contributed by atoms with Crippen LogP contribution in [0.3, 0.4) is 0 Å². The van der Waals surface area contributed by atoms with E-state index in [4.69, 9.17) is 9.26 Å². The van der Waals surface area contributed by atoms with Crippen molar-refractivity contribution in [1.29, 1.82) is 0 Å². The maximum absolute atomic E-state index is 13.6. The van der Waals surface area contributed by atoms with E-state index in [1.54, 1.807) is 0 Å². The van der Waals surface area contributed by atoms with Crippen LogP contribution in [0.2, 0.25) is 18.1 Å². The molecule has 1 aromatic rings. The Labute approximate surface area is 196 Å². The molecule has 4 atom stereocenters. The van der Waals surface area contributed by atoms with Gasteiger partial charge in [-0.15, -0.1) is 0 Å². The predicted octanol–water partition coefficient (Wildman–Crippen LogP) is 3.94. The number of carbonyl (C=O) groups excluding carboxylic acids is 4. The summed E-state index contributed by atoms with van der Waals surface area (Å²) in [6.07, 6.45) is 0.801. The summed E-state index contributed by atoms with van der Waals surface area (Å²) in [5.74, 6) is -2.80. The van der Waals surface area contributed by atoms with Crippen LogP contribution >= 0.6 is 0 Å². The summed E-state index contributed by atoms with van der Waals surface area (Å²) < 4.78 is 6.49. The summed E-state index contributed by atoms with van der Waals surface area (Å²) >= 11 is 0. The Bertz CT molecular complexity index is 995. The molecule has 1 amide bonds. The summed E-state index contributed by atoms with van der Waals surface area (Å²) in [7, 11) is -2.19. The number of hydrogen-bond donors (Lipinski definition) is 0. The molecule has 180 valence electrons. The molecule has 33 heavy (non-hydrogen) atoms. The van der Waals surface area contributed by atoms with Crippen molar-refractivity contribution < 1.29 is 28.4 Å². The van der Waals surface area contributed by atoms with Gasteiger partial charge in [0.05, 0.1) is 18.1 Å². The number of amides is 1. The third-order valence-electron chi connectivity index (χ3n) is 7.56. The summed E-state index contributed by atoms with van der Waals surface area (Å²) in [6, 6.07) is 3.29. The number of hydroxylamine groups is 2. The predicted molar refractivity (Wildman–Crippen MR) is 126 cm³/mol. The third kappa shape index (κ3) is 4.55. The number of hydrogen-bond acceptors (Lipinski definition) is 6. The number of aldehydes is 1. The highest BCUT2D eigenvalue weighted by molar-refractivity contribution is 6.74. The lowest BCUT2D eigenvalue weighted by Gasteiger charge is -2.51. The Kier molecular flexibility index (Phi) is 6.74. The first-order valence-electron chi connectivity index (χ1n) is 11.5. The van der Waals surface area contributed by atoms with Gasteiger partial charge in [0.2, 0.25) is 6.29 Å². The van der Waals surface area contributed by atoms with E-state index in [2.05, 4.69) is 39.9 Å². The molecular weight excluding hydrogens is 438 g/mol. The van der Waals surface area contributed by atoms with Crippen molar-refractivity contribution in [3.05, 3.63) is 34.4 Å². The topological polar surface area (TPSA) is 90.0 Å². The van der Waals surface area contributed by atoms with Crippen molar-refractivity contribution in [2.75, 3.05) is 0 Å². The van der Waals surface area contributed by atoms with Gasteiger partial charge in [-0.2, -0.15) is 5.06 Å². The van der Waals surface area contributed by atoms with Crippen molar-refractivity contribution in [3.8, 4) is 0 Å². The number of β-lactam (4-membered cyclic amide) rings is 1. The second-order valence-electron chi connectivity index (χ2n) is 10.9. The zero-order valence-electron chi connectivity index (χ0n) is 20.9. The minimum Gasteiger partial charge on any atom is -0.413 e. The number of Topliss-reactive ketones (excluding diaryl/α,β-unsaturated/α-hetero) is 1. The number of ketones is 1. The molecule has 1 saturated heterocycles. The molecule has 0 N–H and O–H groups in total. The van der Waals surface area contributed by atoms with Gasteiger partial charge in [-0.1, -0.05) is 32.4 Å². The van der Waals surface area contributed by atoms with Crippen LogP contribution in [0.1, 0.15) is 61.2 Å². The number of benzene rings is 1. The van der Waals surface area contributed by atoms with Gasteiger partial charge in [0.15, 0.2) is 14.1 Å². The molecule has 0 spiro atoms. The van der Waals surface area contributed by atoms with Crippen LogP contribution < -0.4 is 0 Å². The summed E-state index contributed by atoms with van der Waals surface area (Å²) in [5, 5.41) is 0.880. The van der Waals surface area contributed by atoms with Crippen molar-refractivity contribution in [1.82, 2.24) is 5.06 Å². The molecule has 0 aromatic heterocycles. The normalized spacial score (nSPS) is 24.1. The third-order valence-corrected chi connectivity index (χ3v) is 12.1. The van der Waals surface area contributed by atoms with Gasteiger partial charge in [0.1, 0.15) is 0 Å². The number of rotatable bonds is 6. The van der Waals surface area contributed by atoms with Crippen LogP contribution in [-0.2, 0) is 30.1 Å². The SMILES string of the molecule is Cc1cc(C)c2c(c1)C(=O)[C@@H]([C@@H]1[C@@H]([C@@H](C)O[Si](C)(C)C(C)(C)C)C(=O)N1OC(=O)C=O)CC2. The lowest BCUT2D eigenvalue weighted by Crippen LogP contribution is -2.69. The molecule has 1 heterocycles. The molecular formula is C25H35NO6Si. The lowest BCUT2D eigenvalue weighted by atomic mass is 9.69. The Hall–Kier alpha value is -2.32. The fourth-order valence-corrected chi connectivity index (χ4v) is 6.27. The molecule has 0 bridgehead atoms. The van der Waals surface area contributed by atoms with Gasteiger partial charge in [0, 0.05) is 11.5 Å². The fraction of sp³-hybridized carbons (Fsp3) is 0.600. The molecule has 2 aliphatic rings. The molecule has 0 unspecified atom stereocenters. The lowest BCUT2D eigenvalue weighted by molar-refractivity contribution is -0.247. The van der Waals surface area contributed by atoms with E-state index in [1.165, 1.54) is 0 Å². The number of nitrogens with zero attached hydrogens (tertiary/aromatic N) is 1. The number of carbonyl (C=O) groups is 4. The molecule has 1 fully saturated rings. The van der Waals surface area contributed by atoms with Crippen LogP contribution in [0, 0.1) is 25.7 Å². The molecule has 0 radical (unpaired) electrons. The molecule has 3 rings (SSSR count). The van der Waals surface area contributed by atoms with Crippen LogP contribution in [0.5, 0.6) is 0 Å². The number of fused-ring (bicyclic) bond motifs is 1. The van der Waals surface area contributed by atoms with E-state index in [1.807, 2.05) is 26.8 Å². The van der Waals surface area contributed by atoms with Crippen molar-refractivity contribution >= 4 is 32.3 Å². The monoisotopic (exact) mass is 473 g/mol. The Morgan fingerprint density at radius 2 is 1.85 bits per heavy atom. The van der Waals surface area contributed by atoms with E-state index in [9.17, 15) is 19.2 Å². The van der Waals surface area contributed by atoms with E-state index in [0.717, 1.165) is 21.8 Å². The average Bonchev–Trinajstić information content (AvgIpc) is 2.69. The summed E-state index contributed by atoms with van der Waals surface area (Å²) in [6.45, 7) is 16.4. The Morgan fingerprint density at radius 3 is 2.42 bits per heavy atom. The quantitative estimate of drug-likeness (QED) is 0.269. The van der Waals surface area contributed by atoms with Gasteiger partial charge in [-0.05, 0) is 68.9 Å².